The van der Waals surface area contributed by atoms with Crippen molar-refractivity contribution in [2.45, 2.75) is 6.42 Å². The van der Waals surface area contributed by atoms with Crippen LogP contribution in [0, 0.1) is 0 Å². The number of anilines is 1. The number of rotatable bonds is 4. The Bertz CT molecular complexity index is 1070. The first-order valence-electron chi connectivity index (χ1n) is 8.13. The zero-order chi connectivity index (χ0) is 17.9. The third kappa shape index (κ3) is 3.50. The predicted molar refractivity (Wildman–Crippen MR) is 104 cm³/mol. The monoisotopic (exact) mass is 406 g/mol. The summed E-state index contributed by atoms with van der Waals surface area (Å²) in [5, 5.41) is 11.3. The molecule has 0 aliphatic heterocycles. The Kier molecular flexibility index (Phi) is 4.50. The second-order valence-corrected chi connectivity index (χ2v) is 6.80. The molecule has 2 aromatic carbocycles. The number of hydrogen-bond donors (Lipinski definition) is 1. The van der Waals surface area contributed by atoms with Gasteiger partial charge in [-0.25, -0.2) is 0 Å². The second kappa shape index (κ2) is 7.09. The van der Waals surface area contributed by atoms with E-state index in [9.17, 15) is 4.79 Å². The zero-order valence-corrected chi connectivity index (χ0v) is 15.3. The Morgan fingerprint density at radius 3 is 2.65 bits per heavy atom. The Morgan fingerprint density at radius 1 is 1.00 bits per heavy atom. The summed E-state index contributed by atoms with van der Waals surface area (Å²) in [6.45, 7) is 0. The van der Waals surface area contributed by atoms with E-state index in [2.05, 4.69) is 31.4 Å². The third-order valence-corrected chi connectivity index (χ3v) is 4.54. The quantitative estimate of drug-likeness (QED) is 0.548. The number of amides is 1. The molecular weight excluding hydrogens is 392 g/mol. The number of benzene rings is 2. The lowest BCUT2D eigenvalue weighted by Crippen LogP contribution is -2.11. The highest BCUT2D eigenvalue weighted by molar-refractivity contribution is 9.10. The molecule has 0 atom stereocenters. The summed E-state index contributed by atoms with van der Waals surface area (Å²) in [4.78, 5) is 12.3. The Hall–Kier alpha value is -2.99. The highest BCUT2D eigenvalue weighted by Crippen LogP contribution is 2.16. The van der Waals surface area contributed by atoms with Crippen molar-refractivity contribution < 1.29 is 4.79 Å². The van der Waals surface area contributed by atoms with Crippen molar-refractivity contribution in [2.24, 2.45) is 0 Å². The fourth-order valence-corrected chi connectivity index (χ4v) is 3.13. The lowest BCUT2D eigenvalue weighted by molar-refractivity contribution is 0.102. The van der Waals surface area contributed by atoms with Gasteiger partial charge in [-0.15, -0.1) is 10.2 Å². The van der Waals surface area contributed by atoms with Crippen LogP contribution in [0.15, 0.2) is 77.4 Å². The highest BCUT2D eigenvalue weighted by atomic mass is 79.9. The fourth-order valence-electron chi connectivity index (χ4n) is 2.73. The maximum atomic E-state index is 12.3. The first-order chi connectivity index (χ1) is 12.7. The van der Waals surface area contributed by atoms with Crippen LogP contribution in [-0.4, -0.2) is 20.5 Å². The molecule has 4 rings (SSSR count). The third-order valence-electron chi connectivity index (χ3n) is 4.05. The summed E-state index contributed by atoms with van der Waals surface area (Å²) >= 11 is 3.38. The van der Waals surface area contributed by atoms with E-state index in [1.807, 2.05) is 65.2 Å². The average molecular weight is 407 g/mol. The summed E-state index contributed by atoms with van der Waals surface area (Å²) in [6.07, 6.45) is 2.63. The van der Waals surface area contributed by atoms with Crippen LogP contribution in [0.3, 0.4) is 0 Å². The van der Waals surface area contributed by atoms with Gasteiger partial charge in [0.15, 0.2) is 5.65 Å². The van der Waals surface area contributed by atoms with E-state index >= 15 is 0 Å². The molecule has 0 saturated heterocycles. The van der Waals surface area contributed by atoms with Crippen LogP contribution in [0.1, 0.15) is 21.7 Å². The van der Waals surface area contributed by atoms with E-state index in [0.717, 1.165) is 27.2 Å². The molecule has 5 nitrogen and oxygen atoms in total. The lowest BCUT2D eigenvalue weighted by atomic mass is 10.1. The molecule has 0 aliphatic carbocycles. The molecule has 2 heterocycles. The van der Waals surface area contributed by atoms with E-state index in [0.29, 0.717) is 12.0 Å². The van der Waals surface area contributed by atoms with Crippen LogP contribution < -0.4 is 5.32 Å². The van der Waals surface area contributed by atoms with Crippen LogP contribution in [0.4, 0.5) is 5.69 Å². The van der Waals surface area contributed by atoms with E-state index in [-0.39, 0.29) is 5.91 Å². The van der Waals surface area contributed by atoms with Gasteiger partial charge in [0.1, 0.15) is 5.82 Å². The SMILES string of the molecule is O=C(Nc1ccc(Cc2nnc3ccccn23)cc1)c1cccc(Br)c1. The second-order valence-electron chi connectivity index (χ2n) is 5.88. The first-order valence-corrected chi connectivity index (χ1v) is 8.93. The minimum Gasteiger partial charge on any atom is -0.322 e. The molecule has 26 heavy (non-hydrogen) atoms. The van der Waals surface area contributed by atoms with E-state index in [4.69, 9.17) is 0 Å². The highest BCUT2D eigenvalue weighted by Gasteiger charge is 2.08. The van der Waals surface area contributed by atoms with Crippen molar-refractivity contribution in [1.29, 1.82) is 0 Å². The van der Waals surface area contributed by atoms with E-state index in [1.54, 1.807) is 12.1 Å². The number of carbonyl (C=O) groups excluding carboxylic acids is 1. The van der Waals surface area contributed by atoms with Crippen molar-refractivity contribution in [3.05, 3.63) is 94.4 Å². The minimum absolute atomic E-state index is 0.137. The van der Waals surface area contributed by atoms with Gasteiger partial charge in [0.05, 0.1) is 0 Å². The molecule has 1 N–H and O–H groups in total. The fraction of sp³-hybridized carbons (Fsp3) is 0.0500. The average Bonchev–Trinajstić information content (AvgIpc) is 3.06. The molecule has 128 valence electrons. The maximum Gasteiger partial charge on any atom is 0.255 e. The Morgan fingerprint density at radius 2 is 1.85 bits per heavy atom. The predicted octanol–water partition coefficient (Wildman–Crippen LogP) is 4.33. The molecule has 4 aromatic rings. The van der Waals surface area contributed by atoms with Gasteiger partial charge in [0.25, 0.3) is 5.91 Å². The van der Waals surface area contributed by atoms with Gasteiger partial charge in [-0.3, -0.25) is 9.20 Å². The number of halogens is 1. The van der Waals surface area contributed by atoms with Crippen molar-refractivity contribution in [3.8, 4) is 0 Å². The summed E-state index contributed by atoms with van der Waals surface area (Å²) < 4.78 is 2.85. The maximum absolute atomic E-state index is 12.3. The molecule has 0 unspecified atom stereocenters. The molecule has 0 saturated carbocycles. The van der Waals surface area contributed by atoms with Crippen molar-refractivity contribution >= 4 is 33.2 Å². The van der Waals surface area contributed by atoms with Gasteiger partial charge in [-0.1, -0.05) is 40.2 Å². The zero-order valence-electron chi connectivity index (χ0n) is 13.8. The molecule has 0 fully saturated rings. The number of carbonyl (C=O) groups is 1. The summed E-state index contributed by atoms with van der Waals surface area (Å²) in [5.74, 6) is 0.744. The number of nitrogens with one attached hydrogen (secondary N) is 1. The van der Waals surface area contributed by atoms with Crippen LogP contribution in [0.25, 0.3) is 5.65 Å². The van der Waals surface area contributed by atoms with Crippen molar-refractivity contribution in [1.82, 2.24) is 14.6 Å². The number of hydrogen-bond acceptors (Lipinski definition) is 3. The number of nitrogens with zero attached hydrogens (tertiary/aromatic N) is 3. The molecule has 0 aliphatic rings. The summed E-state index contributed by atoms with van der Waals surface area (Å²) in [7, 11) is 0. The Labute approximate surface area is 158 Å². The molecule has 6 heteroatoms. The van der Waals surface area contributed by atoms with Crippen molar-refractivity contribution in [3.63, 3.8) is 0 Å². The molecular formula is C20H15BrN4O. The van der Waals surface area contributed by atoms with Crippen LogP contribution in [0.5, 0.6) is 0 Å². The number of pyridine rings is 1. The van der Waals surface area contributed by atoms with Gasteiger partial charge >= 0.3 is 0 Å². The van der Waals surface area contributed by atoms with Gasteiger partial charge in [-0.05, 0) is 48.0 Å². The molecule has 1 amide bonds. The number of fused-ring (bicyclic) bond motifs is 1. The number of aromatic nitrogens is 3. The normalized spacial score (nSPS) is 10.8. The standard InChI is InChI=1S/C20H15BrN4O/c21-16-5-3-4-15(13-16)20(26)22-17-9-7-14(8-10-17)12-19-24-23-18-6-1-2-11-25(18)19/h1-11,13H,12H2,(H,22,26). The van der Waals surface area contributed by atoms with Crippen LogP contribution in [-0.2, 0) is 6.42 Å². The van der Waals surface area contributed by atoms with Gasteiger partial charge < -0.3 is 5.32 Å². The lowest BCUT2D eigenvalue weighted by Gasteiger charge is -2.07. The molecule has 0 spiro atoms. The first kappa shape index (κ1) is 16.5. The van der Waals surface area contributed by atoms with Gasteiger partial charge in [0.2, 0.25) is 0 Å². The topological polar surface area (TPSA) is 59.3 Å². The van der Waals surface area contributed by atoms with Gasteiger partial charge in [-0.2, -0.15) is 0 Å². The van der Waals surface area contributed by atoms with E-state index < -0.39 is 0 Å². The van der Waals surface area contributed by atoms with Crippen molar-refractivity contribution in [2.75, 3.05) is 5.32 Å². The van der Waals surface area contributed by atoms with E-state index in [1.165, 1.54) is 0 Å². The van der Waals surface area contributed by atoms with Crippen LogP contribution >= 0.6 is 15.9 Å². The minimum atomic E-state index is -0.137. The molecule has 0 bridgehead atoms. The summed E-state index contributed by atoms with van der Waals surface area (Å²) in [6, 6.07) is 20.9. The Balaban J connectivity index is 1.47. The molecule has 0 radical (unpaired) electrons. The molecule has 2 aromatic heterocycles. The largest absolute Gasteiger partial charge is 0.322 e. The smallest absolute Gasteiger partial charge is 0.255 e. The summed E-state index contributed by atoms with van der Waals surface area (Å²) in [5.41, 5.74) is 3.30. The van der Waals surface area contributed by atoms with Crippen LogP contribution in [0.2, 0.25) is 0 Å². The van der Waals surface area contributed by atoms with Gasteiger partial charge in [0, 0.05) is 28.3 Å².